The number of benzene rings is 1. The van der Waals surface area contributed by atoms with Gasteiger partial charge < -0.3 is 20.7 Å². The van der Waals surface area contributed by atoms with Gasteiger partial charge in [-0.2, -0.15) is 0 Å². The highest BCUT2D eigenvalue weighted by atomic mass is 16.5. The van der Waals surface area contributed by atoms with Gasteiger partial charge in [0.2, 0.25) is 0 Å². The van der Waals surface area contributed by atoms with Crippen molar-refractivity contribution in [3.05, 3.63) is 23.8 Å². The molecule has 1 aliphatic heterocycles. The molecule has 0 aliphatic carbocycles. The van der Waals surface area contributed by atoms with Crippen molar-refractivity contribution in [2.45, 2.75) is 25.6 Å². The maximum absolute atomic E-state index is 9.75. The van der Waals surface area contributed by atoms with Gasteiger partial charge in [0.25, 0.3) is 0 Å². The van der Waals surface area contributed by atoms with E-state index in [4.69, 9.17) is 10.5 Å². The quantitative estimate of drug-likeness (QED) is 0.736. The lowest BCUT2D eigenvalue weighted by Crippen LogP contribution is -2.49. The van der Waals surface area contributed by atoms with E-state index in [0.717, 1.165) is 18.7 Å². The summed E-state index contributed by atoms with van der Waals surface area (Å²) in [5, 5.41) is 19.0. The second kappa shape index (κ2) is 5.56. The fourth-order valence-electron chi connectivity index (χ4n) is 2.12. The van der Waals surface area contributed by atoms with Gasteiger partial charge in [-0.1, -0.05) is 6.07 Å². The van der Waals surface area contributed by atoms with Crippen LogP contribution >= 0.6 is 0 Å². The number of phenolic OH excluding ortho intramolecular Hbond substituents is 2. The van der Waals surface area contributed by atoms with Crippen LogP contribution in [0, 0.1) is 0 Å². The smallest absolute Gasteiger partial charge is 0.123 e. The van der Waals surface area contributed by atoms with Crippen LogP contribution in [-0.2, 0) is 11.3 Å². The molecule has 1 aliphatic rings. The Kier molecular flexibility index (Phi) is 4.06. The first-order chi connectivity index (χ1) is 8.56. The SMILES string of the molecule is CC(N)C1CN(Cc2ccc(O)cc2O)CCO1. The van der Waals surface area contributed by atoms with E-state index in [1.54, 1.807) is 12.1 Å². The van der Waals surface area contributed by atoms with E-state index in [2.05, 4.69) is 4.90 Å². The summed E-state index contributed by atoms with van der Waals surface area (Å²) < 4.78 is 5.59. The van der Waals surface area contributed by atoms with E-state index < -0.39 is 0 Å². The van der Waals surface area contributed by atoms with Crippen LogP contribution in [0.1, 0.15) is 12.5 Å². The second-order valence-electron chi connectivity index (χ2n) is 4.82. The molecule has 2 rings (SSSR count). The average Bonchev–Trinajstić information content (AvgIpc) is 2.33. The van der Waals surface area contributed by atoms with E-state index in [-0.39, 0.29) is 23.6 Å². The molecular weight excluding hydrogens is 232 g/mol. The summed E-state index contributed by atoms with van der Waals surface area (Å²) >= 11 is 0. The molecule has 0 saturated carbocycles. The summed E-state index contributed by atoms with van der Waals surface area (Å²) in [6.07, 6.45) is 0.0398. The fraction of sp³-hybridized carbons (Fsp3) is 0.538. The largest absolute Gasteiger partial charge is 0.508 e. The van der Waals surface area contributed by atoms with Crippen LogP contribution in [0.25, 0.3) is 0 Å². The zero-order chi connectivity index (χ0) is 13.1. The highest BCUT2D eigenvalue weighted by molar-refractivity contribution is 5.38. The molecule has 5 nitrogen and oxygen atoms in total. The van der Waals surface area contributed by atoms with Crippen LogP contribution < -0.4 is 5.73 Å². The first-order valence-corrected chi connectivity index (χ1v) is 6.16. The summed E-state index contributed by atoms with van der Waals surface area (Å²) in [7, 11) is 0. The first kappa shape index (κ1) is 13.1. The molecule has 18 heavy (non-hydrogen) atoms. The molecule has 0 bridgehead atoms. The summed E-state index contributed by atoms with van der Waals surface area (Å²) in [4.78, 5) is 2.20. The van der Waals surface area contributed by atoms with Crippen LogP contribution in [0.5, 0.6) is 11.5 Å². The van der Waals surface area contributed by atoms with Crippen LogP contribution in [0.3, 0.4) is 0 Å². The van der Waals surface area contributed by atoms with Gasteiger partial charge in [0.05, 0.1) is 12.7 Å². The van der Waals surface area contributed by atoms with Crippen LogP contribution in [0.15, 0.2) is 18.2 Å². The van der Waals surface area contributed by atoms with Crippen LogP contribution in [0.2, 0.25) is 0 Å². The molecule has 0 spiro atoms. The molecule has 2 unspecified atom stereocenters. The van der Waals surface area contributed by atoms with Crippen molar-refractivity contribution < 1.29 is 14.9 Å². The molecule has 1 fully saturated rings. The fourth-order valence-corrected chi connectivity index (χ4v) is 2.12. The molecule has 0 aromatic heterocycles. The lowest BCUT2D eigenvalue weighted by Gasteiger charge is -2.34. The Balaban J connectivity index is 2.00. The molecule has 0 radical (unpaired) electrons. The summed E-state index contributed by atoms with van der Waals surface area (Å²) in [6.45, 7) is 4.82. The van der Waals surface area contributed by atoms with Crippen LogP contribution in [0.4, 0.5) is 0 Å². The molecule has 2 atom stereocenters. The lowest BCUT2D eigenvalue weighted by molar-refractivity contribution is -0.0405. The highest BCUT2D eigenvalue weighted by Gasteiger charge is 2.23. The molecule has 1 aromatic rings. The van der Waals surface area contributed by atoms with E-state index >= 15 is 0 Å². The van der Waals surface area contributed by atoms with Gasteiger partial charge in [-0.3, -0.25) is 4.90 Å². The molecule has 100 valence electrons. The van der Waals surface area contributed by atoms with E-state index in [9.17, 15) is 10.2 Å². The third-order valence-electron chi connectivity index (χ3n) is 3.23. The van der Waals surface area contributed by atoms with Gasteiger partial charge in [0.1, 0.15) is 11.5 Å². The standard InChI is InChI=1S/C13H20N2O3/c1-9(14)13-8-15(4-5-18-13)7-10-2-3-11(16)6-12(10)17/h2-3,6,9,13,16-17H,4-5,7-8,14H2,1H3. The number of phenols is 2. The highest BCUT2D eigenvalue weighted by Crippen LogP contribution is 2.24. The Morgan fingerprint density at radius 1 is 1.50 bits per heavy atom. The number of hydrogen-bond acceptors (Lipinski definition) is 5. The maximum Gasteiger partial charge on any atom is 0.123 e. The summed E-state index contributed by atoms with van der Waals surface area (Å²) in [5.74, 6) is 0.200. The van der Waals surface area contributed by atoms with Gasteiger partial charge in [0, 0.05) is 37.3 Å². The molecule has 4 N–H and O–H groups in total. The molecule has 5 heteroatoms. The average molecular weight is 252 g/mol. The van der Waals surface area contributed by atoms with Gasteiger partial charge in [-0.25, -0.2) is 0 Å². The first-order valence-electron chi connectivity index (χ1n) is 6.16. The Bertz CT molecular complexity index is 409. The summed E-state index contributed by atoms with van der Waals surface area (Å²) in [5.41, 5.74) is 6.64. The van der Waals surface area contributed by atoms with Crippen molar-refractivity contribution in [2.75, 3.05) is 19.7 Å². The van der Waals surface area contributed by atoms with Gasteiger partial charge in [-0.15, -0.1) is 0 Å². The summed E-state index contributed by atoms with van der Waals surface area (Å²) in [6, 6.07) is 4.68. The van der Waals surface area contributed by atoms with Gasteiger partial charge in [-0.05, 0) is 13.0 Å². The Labute approximate surface area is 107 Å². The molecule has 1 aromatic carbocycles. The molecular formula is C13H20N2O3. The van der Waals surface area contributed by atoms with E-state index in [1.165, 1.54) is 6.07 Å². The zero-order valence-electron chi connectivity index (χ0n) is 10.5. The molecule has 1 saturated heterocycles. The predicted octanol–water partition coefficient (Wildman–Crippen LogP) is 0.646. The maximum atomic E-state index is 9.75. The second-order valence-corrected chi connectivity index (χ2v) is 4.82. The van der Waals surface area contributed by atoms with Gasteiger partial charge >= 0.3 is 0 Å². The number of aromatic hydroxyl groups is 2. The van der Waals surface area contributed by atoms with E-state index in [0.29, 0.717) is 13.2 Å². The molecule has 0 amide bonds. The lowest BCUT2D eigenvalue weighted by atomic mass is 10.1. The Hall–Kier alpha value is -1.30. The number of morpholine rings is 1. The Morgan fingerprint density at radius 2 is 2.28 bits per heavy atom. The van der Waals surface area contributed by atoms with Crippen molar-refractivity contribution in [2.24, 2.45) is 5.73 Å². The topological polar surface area (TPSA) is 79.0 Å². The monoisotopic (exact) mass is 252 g/mol. The minimum atomic E-state index is 0.00112. The van der Waals surface area contributed by atoms with Crippen molar-refractivity contribution in [3.8, 4) is 11.5 Å². The third-order valence-corrected chi connectivity index (χ3v) is 3.23. The van der Waals surface area contributed by atoms with Crippen molar-refractivity contribution in [1.29, 1.82) is 0 Å². The van der Waals surface area contributed by atoms with Crippen molar-refractivity contribution in [3.63, 3.8) is 0 Å². The molecule has 1 heterocycles. The van der Waals surface area contributed by atoms with Crippen molar-refractivity contribution >= 4 is 0 Å². The Morgan fingerprint density at radius 3 is 2.94 bits per heavy atom. The minimum Gasteiger partial charge on any atom is -0.508 e. The number of hydrogen-bond donors (Lipinski definition) is 3. The van der Waals surface area contributed by atoms with Crippen molar-refractivity contribution in [1.82, 2.24) is 4.90 Å². The number of nitrogens with zero attached hydrogens (tertiary/aromatic N) is 1. The van der Waals surface area contributed by atoms with Crippen LogP contribution in [-0.4, -0.2) is 47.0 Å². The third kappa shape index (κ3) is 3.13. The number of nitrogens with two attached hydrogens (primary N) is 1. The van der Waals surface area contributed by atoms with E-state index in [1.807, 2.05) is 6.92 Å². The zero-order valence-corrected chi connectivity index (χ0v) is 10.5. The normalized spacial score (nSPS) is 22.9. The van der Waals surface area contributed by atoms with Gasteiger partial charge in [0.15, 0.2) is 0 Å². The minimum absolute atomic E-state index is 0.00112. The number of ether oxygens (including phenoxy) is 1. The predicted molar refractivity (Wildman–Crippen MR) is 68.4 cm³/mol. The number of rotatable bonds is 3.